The maximum absolute atomic E-state index is 12.8. The summed E-state index contributed by atoms with van der Waals surface area (Å²) in [6.45, 7) is 5.90. The number of hydrogen-bond acceptors (Lipinski definition) is 5. The molecule has 6 nitrogen and oxygen atoms in total. The number of nitrogens with one attached hydrogen (secondary N) is 2. The number of thiazole rings is 1. The normalized spacial score (nSPS) is 18.0. The zero-order chi connectivity index (χ0) is 25.7. The molecule has 0 bridgehead atoms. The summed E-state index contributed by atoms with van der Waals surface area (Å²) in [5.74, 6) is 0.264. The maximum atomic E-state index is 12.8. The number of benzene rings is 2. The lowest BCUT2D eigenvalue weighted by molar-refractivity contribution is -0.124. The van der Waals surface area contributed by atoms with E-state index in [0.717, 1.165) is 27.5 Å². The topological polar surface area (TPSA) is 71.8 Å². The van der Waals surface area contributed by atoms with E-state index in [2.05, 4.69) is 47.8 Å². The van der Waals surface area contributed by atoms with E-state index < -0.39 is 9.75 Å². The Balaban J connectivity index is 1.47. The first-order chi connectivity index (χ1) is 17.1. The molecule has 2 N–H and O–H groups in total. The molecule has 36 heavy (non-hydrogen) atoms. The predicted octanol–water partition coefficient (Wildman–Crippen LogP) is 6.68. The molecule has 1 fully saturated rings. The molecular formula is C26H23Cl2N5OS2. The molecule has 0 aliphatic heterocycles. The van der Waals surface area contributed by atoms with Crippen molar-refractivity contribution in [3.8, 4) is 27.5 Å². The van der Waals surface area contributed by atoms with Gasteiger partial charge in [0.25, 0.3) is 0 Å². The van der Waals surface area contributed by atoms with Gasteiger partial charge in [-0.05, 0) is 68.7 Å². The Labute approximate surface area is 228 Å². The van der Waals surface area contributed by atoms with Crippen LogP contribution in [-0.2, 0) is 4.79 Å². The van der Waals surface area contributed by atoms with Crippen LogP contribution in [0.3, 0.4) is 0 Å². The fourth-order valence-corrected chi connectivity index (χ4v) is 5.58. The Morgan fingerprint density at radius 1 is 1.14 bits per heavy atom. The summed E-state index contributed by atoms with van der Waals surface area (Å²) in [5, 5.41) is 13.4. The van der Waals surface area contributed by atoms with Crippen molar-refractivity contribution in [3.63, 3.8) is 0 Å². The standard InChI is InChI=1S/C26H23Cl2N5OS2/c1-15-9-10-17(11-16(15)2)20-13-36-22(30-20)19-12-29-33(18-7-5-4-6-8-18)21(19)31-24(35)32-23(34)25(3)14-26(25,27)28/h4-13H,14H2,1-3H3,(H2,31,32,34,35)/t25-/m0/s1. The van der Waals surface area contributed by atoms with E-state index in [4.69, 9.17) is 40.4 Å². The van der Waals surface area contributed by atoms with Gasteiger partial charge in [-0.1, -0.05) is 30.3 Å². The molecule has 1 atom stereocenters. The second-order valence-electron chi connectivity index (χ2n) is 9.11. The van der Waals surface area contributed by atoms with E-state index in [0.29, 0.717) is 12.2 Å². The van der Waals surface area contributed by atoms with Crippen molar-refractivity contribution in [1.82, 2.24) is 20.1 Å². The van der Waals surface area contributed by atoms with E-state index in [-0.39, 0.29) is 11.0 Å². The molecular weight excluding hydrogens is 533 g/mol. The number of rotatable bonds is 5. The van der Waals surface area contributed by atoms with Crippen LogP contribution in [0.2, 0.25) is 0 Å². The number of thiocarbonyl (C=S) groups is 1. The largest absolute Gasteiger partial charge is 0.316 e. The smallest absolute Gasteiger partial charge is 0.235 e. The van der Waals surface area contributed by atoms with Gasteiger partial charge < -0.3 is 10.6 Å². The van der Waals surface area contributed by atoms with E-state index in [1.54, 1.807) is 17.8 Å². The lowest BCUT2D eigenvalue weighted by Crippen LogP contribution is -2.40. The molecule has 4 aromatic rings. The first-order valence-corrected chi connectivity index (χ1v) is 13.3. The number of aromatic nitrogens is 3. The Kier molecular flexibility index (Phi) is 6.41. The van der Waals surface area contributed by atoms with Crippen LogP contribution in [0, 0.1) is 19.3 Å². The molecule has 184 valence electrons. The van der Waals surface area contributed by atoms with Crippen LogP contribution < -0.4 is 10.6 Å². The summed E-state index contributed by atoms with van der Waals surface area (Å²) in [7, 11) is 0. The average molecular weight is 557 g/mol. The lowest BCUT2D eigenvalue weighted by Gasteiger charge is -2.16. The van der Waals surface area contributed by atoms with Crippen molar-refractivity contribution in [2.45, 2.75) is 31.5 Å². The lowest BCUT2D eigenvalue weighted by atomic mass is 10.1. The first-order valence-electron chi connectivity index (χ1n) is 11.3. The van der Waals surface area contributed by atoms with Crippen molar-refractivity contribution in [1.29, 1.82) is 0 Å². The molecule has 0 spiro atoms. The van der Waals surface area contributed by atoms with Crippen LogP contribution in [0.5, 0.6) is 0 Å². The molecule has 0 radical (unpaired) electrons. The molecule has 10 heteroatoms. The summed E-state index contributed by atoms with van der Waals surface area (Å²) in [6.07, 6.45) is 2.11. The molecule has 2 aromatic heterocycles. The minimum absolute atomic E-state index is 0.127. The van der Waals surface area contributed by atoms with Gasteiger partial charge in [-0.25, -0.2) is 9.67 Å². The molecule has 2 aromatic carbocycles. The van der Waals surface area contributed by atoms with Crippen LogP contribution in [0.4, 0.5) is 5.82 Å². The predicted molar refractivity (Wildman–Crippen MR) is 151 cm³/mol. The van der Waals surface area contributed by atoms with Crippen LogP contribution in [-0.4, -0.2) is 30.1 Å². The Morgan fingerprint density at radius 3 is 2.53 bits per heavy atom. The Bertz CT molecular complexity index is 1480. The molecule has 1 saturated carbocycles. The molecule has 5 rings (SSSR count). The summed E-state index contributed by atoms with van der Waals surface area (Å²) in [4.78, 5) is 17.6. The third-order valence-corrected chi connectivity index (χ3v) is 8.71. The molecule has 2 heterocycles. The van der Waals surface area contributed by atoms with Crippen molar-refractivity contribution < 1.29 is 4.79 Å². The van der Waals surface area contributed by atoms with E-state index in [1.807, 2.05) is 35.7 Å². The average Bonchev–Trinajstić information content (AvgIpc) is 3.23. The van der Waals surface area contributed by atoms with Crippen LogP contribution in [0.15, 0.2) is 60.1 Å². The third-order valence-electron chi connectivity index (χ3n) is 6.53. The van der Waals surface area contributed by atoms with Gasteiger partial charge >= 0.3 is 0 Å². The fraction of sp³-hybridized carbons (Fsp3) is 0.231. The summed E-state index contributed by atoms with van der Waals surface area (Å²) < 4.78 is 0.645. The van der Waals surface area contributed by atoms with Gasteiger partial charge in [0, 0.05) is 10.9 Å². The Hall–Kier alpha value is -2.78. The van der Waals surface area contributed by atoms with Gasteiger partial charge in [-0.3, -0.25) is 4.79 Å². The number of aryl methyl sites for hydroxylation is 2. The molecule has 0 saturated heterocycles. The summed E-state index contributed by atoms with van der Waals surface area (Å²) >= 11 is 19.3. The number of alkyl halides is 2. The van der Waals surface area contributed by atoms with Gasteiger partial charge in [0.05, 0.1) is 28.6 Å². The molecule has 1 amide bonds. The van der Waals surface area contributed by atoms with Gasteiger partial charge in [-0.15, -0.1) is 34.5 Å². The van der Waals surface area contributed by atoms with Crippen molar-refractivity contribution >= 4 is 63.6 Å². The van der Waals surface area contributed by atoms with E-state index in [1.165, 1.54) is 22.5 Å². The number of halogens is 2. The van der Waals surface area contributed by atoms with E-state index in [9.17, 15) is 4.79 Å². The number of amides is 1. The van der Waals surface area contributed by atoms with Gasteiger partial charge in [0.15, 0.2) is 5.11 Å². The number of carbonyl (C=O) groups is 1. The van der Waals surface area contributed by atoms with Crippen LogP contribution >= 0.6 is 46.8 Å². The van der Waals surface area contributed by atoms with E-state index >= 15 is 0 Å². The highest BCUT2D eigenvalue weighted by atomic mass is 35.5. The fourth-order valence-electron chi connectivity index (χ4n) is 3.85. The highest BCUT2D eigenvalue weighted by molar-refractivity contribution is 7.80. The maximum Gasteiger partial charge on any atom is 0.235 e. The Morgan fingerprint density at radius 2 is 1.86 bits per heavy atom. The highest BCUT2D eigenvalue weighted by Crippen LogP contribution is 2.63. The van der Waals surface area contributed by atoms with Gasteiger partial charge in [0.1, 0.15) is 15.2 Å². The van der Waals surface area contributed by atoms with Gasteiger partial charge in [-0.2, -0.15) is 5.10 Å². The third kappa shape index (κ3) is 4.54. The molecule has 1 aliphatic rings. The SMILES string of the molecule is Cc1ccc(-c2csc(-c3cnn(-c4ccccc4)c3NC(=S)NC(=O)[C@]3(C)CC3(Cl)Cl)n2)cc1C. The number of para-hydroxylation sites is 1. The molecule has 0 unspecified atom stereocenters. The first kappa shape index (κ1) is 24.9. The van der Waals surface area contributed by atoms with Crippen LogP contribution in [0.25, 0.3) is 27.5 Å². The zero-order valence-corrected chi connectivity index (χ0v) is 22.9. The number of carbonyl (C=O) groups excluding carboxylic acids is 1. The second kappa shape index (κ2) is 9.27. The second-order valence-corrected chi connectivity index (χ2v) is 11.9. The summed E-state index contributed by atoms with van der Waals surface area (Å²) in [6, 6.07) is 16.0. The number of nitrogens with zero attached hydrogens (tertiary/aromatic N) is 3. The highest BCUT2D eigenvalue weighted by Gasteiger charge is 2.68. The van der Waals surface area contributed by atoms with Crippen molar-refractivity contribution in [3.05, 3.63) is 71.2 Å². The minimum Gasteiger partial charge on any atom is -0.316 e. The minimum atomic E-state index is -1.09. The monoisotopic (exact) mass is 555 g/mol. The quantitative estimate of drug-likeness (QED) is 0.212. The summed E-state index contributed by atoms with van der Waals surface area (Å²) in [5.41, 5.74) is 5.09. The van der Waals surface area contributed by atoms with Gasteiger partial charge in [0.2, 0.25) is 5.91 Å². The van der Waals surface area contributed by atoms with Crippen molar-refractivity contribution in [2.24, 2.45) is 5.41 Å². The zero-order valence-electron chi connectivity index (χ0n) is 19.8. The number of anilines is 1. The van der Waals surface area contributed by atoms with Crippen LogP contribution in [0.1, 0.15) is 24.5 Å². The molecule has 1 aliphatic carbocycles. The van der Waals surface area contributed by atoms with Crippen molar-refractivity contribution in [2.75, 3.05) is 5.32 Å². The number of hydrogen-bond donors (Lipinski definition) is 2.